The number of nitrogens with zero attached hydrogens (tertiary/aromatic N) is 1. The molecule has 1 saturated carbocycles. The molecular weight excluding hydrogens is 236 g/mol. The van der Waals surface area contributed by atoms with Gasteiger partial charge in [-0.1, -0.05) is 13.8 Å². The third kappa shape index (κ3) is 4.20. The molecule has 0 amide bonds. The standard InChI is InChI=1S/C16H26N2O/c1-11-5-12(2)7-14(6-11)17-10-15-9-16(19-4)8-13(3)18-15/h8-9,11-12,14,17H,5-7,10H2,1-4H3. The van der Waals surface area contributed by atoms with Crippen LogP contribution >= 0.6 is 0 Å². The van der Waals surface area contributed by atoms with Crippen molar-refractivity contribution in [1.82, 2.24) is 10.3 Å². The Morgan fingerprint density at radius 3 is 2.53 bits per heavy atom. The Kier molecular flexibility index (Phi) is 4.81. The average Bonchev–Trinajstić information content (AvgIpc) is 2.34. The molecule has 0 spiro atoms. The molecule has 0 aromatic carbocycles. The largest absolute Gasteiger partial charge is 0.497 e. The molecule has 1 aromatic heterocycles. The van der Waals surface area contributed by atoms with Crippen molar-refractivity contribution in [3.05, 3.63) is 23.5 Å². The van der Waals surface area contributed by atoms with E-state index in [2.05, 4.69) is 24.1 Å². The zero-order chi connectivity index (χ0) is 13.8. The van der Waals surface area contributed by atoms with Crippen molar-refractivity contribution in [2.75, 3.05) is 7.11 Å². The molecule has 0 bridgehead atoms. The van der Waals surface area contributed by atoms with Gasteiger partial charge in [-0.2, -0.15) is 0 Å². The van der Waals surface area contributed by atoms with Crippen LogP contribution in [0.1, 0.15) is 44.5 Å². The highest BCUT2D eigenvalue weighted by molar-refractivity contribution is 5.26. The van der Waals surface area contributed by atoms with Crippen molar-refractivity contribution in [1.29, 1.82) is 0 Å². The Bertz CT molecular complexity index is 409. The Balaban J connectivity index is 1.93. The summed E-state index contributed by atoms with van der Waals surface area (Å²) in [5.74, 6) is 2.57. The van der Waals surface area contributed by atoms with E-state index in [1.54, 1.807) is 7.11 Å². The molecule has 0 aliphatic heterocycles. The second kappa shape index (κ2) is 6.38. The number of rotatable bonds is 4. The summed E-state index contributed by atoms with van der Waals surface area (Å²) in [5.41, 5.74) is 2.09. The molecule has 2 rings (SSSR count). The number of methoxy groups -OCH3 is 1. The number of aryl methyl sites for hydroxylation is 1. The number of pyridine rings is 1. The monoisotopic (exact) mass is 262 g/mol. The van der Waals surface area contributed by atoms with Gasteiger partial charge in [0.1, 0.15) is 5.75 Å². The van der Waals surface area contributed by atoms with E-state index in [-0.39, 0.29) is 0 Å². The van der Waals surface area contributed by atoms with Crippen molar-refractivity contribution in [3.63, 3.8) is 0 Å². The number of aromatic nitrogens is 1. The second-order valence-electron chi connectivity index (χ2n) is 6.13. The zero-order valence-corrected chi connectivity index (χ0v) is 12.6. The molecule has 0 saturated heterocycles. The Labute approximate surface area is 116 Å². The fourth-order valence-corrected chi connectivity index (χ4v) is 3.27. The maximum absolute atomic E-state index is 5.29. The first kappa shape index (κ1) is 14.3. The van der Waals surface area contributed by atoms with E-state index in [9.17, 15) is 0 Å². The predicted octanol–water partition coefficient (Wildman–Crippen LogP) is 3.31. The van der Waals surface area contributed by atoms with E-state index in [1.165, 1.54) is 19.3 Å². The van der Waals surface area contributed by atoms with Gasteiger partial charge in [-0.3, -0.25) is 4.98 Å². The summed E-state index contributed by atoms with van der Waals surface area (Å²) in [5, 5.41) is 3.66. The van der Waals surface area contributed by atoms with Crippen LogP contribution in [-0.4, -0.2) is 18.1 Å². The highest BCUT2D eigenvalue weighted by Crippen LogP contribution is 2.28. The second-order valence-corrected chi connectivity index (χ2v) is 6.13. The molecule has 19 heavy (non-hydrogen) atoms. The Hall–Kier alpha value is -1.09. The summed E-state index contributed by atoms with van der Waals surface area (Å²) in [6, 6.07) is 4.62. The quantitative estimate of drug-likeness (QED) is 0.904. The molecule has 0 radical (unpaired) electrons. The van der Waals surface area contributed by atoms with Gasteiger partial charge in [0.25, 0.3) is 0 Å². The lowest BCUT2D eigenvalue weighted by atomic mass is 9.80. The fraction of sp³-hybridized carbons (Fsp3) is 0.688. The summed E-state index contributed by atoms with van der Waals surface area (Å²) in [6.07, 6.45) is 3.94. The third-order valence-electron chi connectivity index (χ3n) is 3.97. The fourth-order valence-electron chi connectivity index (χ4n) is 3.27. The van der Waals surface area contributed by atoms with Crippen LogP contribution in [0.2, 0.25) is 0 Å². The molecule has 1 aliphatic carbocycles. The maximum atomic E-state index is 5.29. The lowest BCUT2D eigenvalue weighted by Crippen LogP contribution is -2.36. The number of hydrogen-bond acceptors (Lipinski definition) is 3. The van der Waals surface area contributed by atoms with Crippen molar-refractivity contribution in [2.24, 2.45) is 11.8 Å². The number of nitrogens with one attached hydrogen (secondary N) is 1. The van der Waals surface area contributed by atoms with Crippen LogP contribution in [-0.2, 0) is 6.54 Å². The summed E-state index contributed by atoms with van der Waals surface area (Å²) in [7, 11) is 1.70. The van der Waals surface area contributed by atoms with Crippen LogP contribution in [0.15, 0.2) is 12.1 Å². The average molecular weight is 262 g/mol. The minimum atomic E-state index is 0.632. The van der Waals surface area contributed by atoms with Gasteiger partial charge in [-0.15, -0.1) is 0 Å². The van der Waals surface area contributed by atoms with Gasteiger partial charge in [0.2, 0.25) is 0 Å². The summed E-state index contributed by atoms with van der Waals surface area (Å²) >= 11 is 0. The normalized spacial score (nSPS) is 27.3. The van der Waals surface area contributed by atoms with Crippen LogP contribution in [0.4, 0.5) is 0 Å². The SMILES string of the molecule is COc1cc(C)nc(CNC2CC(C)CC(C)C2)c1. The van der Waals surface area contributed by atoms with Crippen LogP contribution < -0.4 is 10.1 Å². The van der Waals surface area contributed by atoms with Crippen molar-refractivity contribution in [3.8, 4) is 5.75 Å². The lowest BCUT2D eigenvalue weighted by molar-refractivity contribution is 0.237. The molecule has 106 valence electrons. The lowest BCUT2D eigenvalue weighted by Gasteiger charge is -2.32. The van der Waals surface area contributed by atoms with Crippen LogP contribution in [0.25, 0.3) is 0 Å². The van der Waals surface area contributed by atoms with Crippen molar-refractivity contribution >= 4 is 0 Å². The minimum absolute atomic E-state index is 0.632. The summed E-state index contributed by atoms with van der Waals surface area (Å²) in [6.45, 7) is 7.56. The van der Waals surface area contributed by atoms with Gasteiger partial charge in [-0.05, 0) is 38.0 Å². The van der Waals surface area contributed by atoms with Crippen LogP contribution in [0, 0.1) is 18.8 Å². The molecule has 3 heteroatoms. The highest BCUT2D eigenvalue weighted by atomic mass is 16.5. The molecule has 3 nitrogen and oxygen atoms in total. The van der Waals surface area contributed by atoms with Gasteiger partial charge in [0, 0.05) is 30.4 Å². The maximum Gasteiger partial charge on any atom is 0.122 e. The molecule has 1 fully saturated rings. The number of hydrogen-bond donors (Lipinski definition) is 1. The van der Waals surface area contributed by atoms with Gasteiger partial charge in [0.05, 0.1) is 12.8 Å². The van der Waals surface area contributed by atoms with Gasteiger partial charge >= 0.3 is 0 Å². The molecule has 1 heterocycles. The Morgan fingerprint density at radius 1 is 1.21 bits per heavy atom. The smallest absolute Gasteiger partial charge is 0.122 e. The molecule has 2 unspecified atom stereocenters. The van der Waals surface area contributed by atoms with E-state index in [1.807, 2.05) is 19.1 Å². The van der Waals surface area contributed by atoms with Crippen LogP contribution in [0.3, 0.4) is 0 Å². The number of ether oxygens (including phenoxy) is 1. The zero-order valence-electron chi connectivity index (χ0n) is 12.6. The van der Waals surface area contributed by atoms with Gasteiger partial charge in [-0.25, -0.2) is 0 Å². The van der Waals surface area contributed by atoms with Crippen LogP contribution in [0.5, 0.6) is 5.75 Å². The summed E-state index contributed by atoms with van der Waals surface area (Å²) < 4.78 is 5.29. The molecule has 1 N–H and O–H groups in total. The van der Waals surface area contributed by atoms with Gasteiger partial charge < -0.3 is 10.1 Å². The Morgan fingerprint density at radius 2 is 1.89 bits per heavy atom. The van der Waals surface area contributed by atoms with Gasteiger partial charge in [0.15, 0.2) is 0 Å². The summed E-state index contributed by atoms with van der Waals surface area (Å²) in [4.78, 5) is 4.56. The molecular formula is C16H26N2O. The van der Waals surface area contributed by atoms with E-state index < -0.39 is 0 Å². The highest BCUT2D eigenvalue weighted by Gasteiger charge is 2.23. The minimum Gasteiger partial charge on any atom is -0.497 e. The van der Waals surface area contributed by atoms with E-state index in [0.29, 0.717) is 6.04 Å². The predicted molar refractivity (Wildman–Crippen MR) is 78.3 cm³/mol. The first-order chi connectivity index (χ1) is 9.06. The molecule has 1 aliphatic rings. The first-order valence-electron chi connectivity index (χ1n) is 7.31. The van der Waals surface area contributed by atoms with E-state index in [4.69, 9.17) is 4.74 Å². The van der Waals surface area contributed by atoms with Crippen molar-refractivity contribution in [2.45, 2.75) is 52.6 Å². The molecule has 2 atom stereocenters. The van der Waals surface area contributed by atoms with Crippen molar-refractivity contribution < 1.29 is 4.74 Å². The van der Waals surface area contributed by atoms with E-state index in [0.717, 1.165) is 35.5 Å². The van der Waals surface area contributed by atoms with E-state index >= 15 is 0 Å². The topological polar surface area (TPSA) is 34.1 Å². The first-order valence-corrected chi connectivity index (χ1v) is 7.31. The molecule has 1 aromatic rings. The third-order valence-corrected chi connectivity index (χ3v) is 3.97.